The fourth-order valence-corrected chi connectivity index (χ4v) is 4.60. The summed E-state index contributed by atoms with van der Waals surface area (Å²) in [6, 6.07) is 0.204. The molecule has 12 nitrogen and oxygen atoms in total. The van der Waals surface area contributed by atoms with Gasteiger partial charge in [0.05, 0.1) is 37.3 Å². The number of carbonyl (C=O) groups is 4. The molecule has 4 fully saturated rings. The van der Waals surface area contributed by atoms with Crippen molar-refractivity contribution >= 4 is 23.9 Å². The quantitative estimate of drug-likeness (QED) is 0.180. The summed E-state index contributed by atoms with van der Waals surface area (Å²) in [6.45, 7) is 19.3. The van der Waals surface area contributed by atoms with Crippen molar-refractivity contribution in [3.05, 3.63) is 21.3 Å². The Labute approximate surface area is 403 Å². The minimum Gasteiger partial charge on any atom is -0.657 e. The first kappa shape index (κ1) is 58.8. The second-order valence-electron chi connectivity index (χ2n) is 13.1. The molecular weight excluding hydrogens is 948 g/mol. The minimum absolute atomic E-state index is 0. The molecule has 4 saturated heterocycles. The Morgan fingerprint density at radius 1 is 0.500 bits per heavy atom. The zero-order valence-electron chi connectivity index (χ0n) is 31.9. The van der Waals surface area contributed by atoms with Gasteiger partial charge >= 0.3 is 11.9 Å². The van der Waals surface area contributed by atoms with Gasteiger partial charge in [0.15, 0.2) is 0 Å². The number of ether oxygens (including phenoxy) is 4. The molecule has 4 rings (SSSR count). The van der Waals surface area contributed by atoms with Gasteiger partial charge in [-0.3, -0.25) is 19.2 Å². The van der Waals surface area contributed by atoms with Crippen LogP contribution < -0.4 is 0 Å². The molecule has 4 aliphatic heterocycles. The fraction of sp³-hybridized carbons (Fsp3) is 0.882. The molecule has 4 atom stereocenters. The molecule has 0 spiro atoms. The Morgan fingerprint density at radius 3 is 1.02 bits per heavy atom. The van der Waals surface area contributed by atoms with Crippen LogP contribution in [0.2, 0.25) is 0 Å². The molecule has 0 saturated carbocycles. The number of hydrogen-bond donors (Lipinski definition) is 0. The molecule has 0 aromatic carbocycles. The van der Waals surface area contributed by atoms with Crippen molar-refractivity contribution in [2.24, 2.45) is 11.8 Å². The summed E-state index contributed by atoms with van der Waals surface area (Å²) in [5.41, 5.74) is 0. The molecular formula is C34H60N4O8Y4-4. The molecule has 16 heteroatoms. The van der Waals surface area contributed by atoms with E-state index in [9.17, 15) is 19.2 Å². The van der Waals surface area contributed by atoms with Crippen molar-refractivity contribution in [1.82, 2.24) is 0 Å². The average Bonchev–Trinajstić information content (AvgIpc) is 3.83. The Balaban J connectivity index is -0.000000275. The van der Waals surface area contributed by atoms with Crippen LogP contribution in [0.25, 0.3) is 21.3 Å². The monoisotopic (exact) mass is 1010 g/mol. The molecule has 4 aliphatic rings. The number of hydrogen-bond acceptors (Lipinski definition) is 8. The first-order valence-corrected chi connectivity index (χ1v) is 17.2. The van der Waals surface area contributed by atoms with E-state index in [4.69, 9.17) is 18.9 Å². The van der Waals surface area contributed by atoms with Gasteiger partial charge in [0.1, 0.15) is 0 Å². The van der Waals surface area contributed by atoms with Crippen LogP contribution in [0, 0.1) is 11.8 Å². The summed E-state index contributed by atoms with van der Waals surface area (Å²) in [4.78, 5) is 44.4. The molecule has 0 aliphatic carbocycles. The molecule has 280 valence electrons. The van der Waals surface area contributed by atoms with E-state index in [1.54, 1.807) is 0 Å². The van der Waals surface area contributed by atoms with Crippen LogP contribution in [0.4, 0.5) is 0 Å². The fourth-order valence-electron chi connectivity index (χ4n) is 4.60. The summed E-state index contributed by atoms with van der Waals surface area (Å²) in [6.07, 6.45) is 8.19. The molecule has 0 N–H and O–H groups in total. The molecule has 0 amide bonds. The van der Waals surface area contributed by atoms with E-state index in [0.29, 0.717) is 13.2 Å². The Bertz CT molecular complexity index is 809. The van der Waals surface area contributed by atoms with Crippen LogP contribution in [-0.4, -0.2) is 99.6 Å². The first-order chi connectivity index (χ1) is 21.8. The zero-order valence-corrected chi connectivity index (χ0v) is 43.2. The zero-order chi connectivity index (χ0) is 34.5. The van der Waals surface area contributed by atoms with Gasteiger partial charge in [-0.05, 0) is 39.8 Å². The topological polar surface area (TPSA) is 162 Å². The largest absolute Gasteiger partial charge is 0.657 e. The summed E-state index contributed by atoms with van der Waals surface area (Å²) >= 11 is 0. The third-order valence-corrected chi connectivity index (χ3v) is 7.16. The van der Waals surface area contributed by atoms with Crippen LogP contribution in [-0.2, 0) is 169 Å². The summed E-state index contributed by atoms with van der Waals surface area (Å²) < 4.78 is 20.1. The molecule has 0 bridgehead atoms. The van der Waals surface area contributed by atoms with Gasteiger partial charge in [0.25, 0.3) is 11.9 Å². The van der Waals surface area contributed by atoms with Gasteiger partial charge in [-0.2, -0.15) is 0 Å². The second kappa shape index (κ2) is 35.5. The van der Waals surface area contributed by atoms with E-state index in [1.807, 2.05) is 55.4 Å². The van der Waals surface area contributed by atoms with E-state index in [-0.39, 0.29) is 203 Å². The number of rotatable bonds is 10. The van der Waals surface area contributed by atoms with Crippen LogP contribution in [0.15, 0.2) is 0 Å². The minimum atomic E-state index is -0.169. The van der Waals surface area contributed by atoms with Crippen LogP contribution in [0.5, 0.6) is 0 Å². The van der Waals surface area contributed by atoms with E-state index in [1.165, 1.54) is 0 Å². The Kier molecular flexibility index (Phi) is 41.8. The van der Waals surface area contributed by atoms with Crippen LogP contribution >= 0.6 is 0 Å². The van der Waals surface area contributed by atoms with E-state index >= 15 is 0 Å². The van der Waals surface area contributed by atoms with Crippen molar-refractivity contribution in [2.45, 2.75) is 143 Å². The summed E-state index contributed by atoms with van der Waals surface area (Å²) in [5.74, 6) is -0.581. The molecule has 0 aromatic heterocycles. The van der Waals surface area contributed by atoms with Crippen molar-refractivity contribution in [2.75, 3.05) is 39.4 Å². The predicted molar refractivity (Wildman–Crippen MR) is 179 cm³/mol. The van der Waals surface area contributed by atoms with Crippen molar-refractivity contribution < 1.29 is 169 Å². The van der Waals surface area contributed by atoms with Gasteiger partial charge < -0.3 is 40.2 Å². The summed E-state index contributed by atoms with van der Waals surface area (Å²) in [7, 11) is 0. The Morgan fingerprint density at radius 2 is 0.800 bits per heavy atom. The third-order valence-electron chi connectivity index (χ3n) is 7.16. The van der Waals surface area contributed by atoms with Crippen LogP contribution in [0.3, 0.4) is 0 Å². The van der Waals surface area contributed by atoms with Gasteiger partial charge in [0, 0.05) is 131 Å². The molecule has 4 heterocycles. The molecule has 50 heavy (non-hydrogen) atoms. The van der Waals surface area contributed by atoms with Crippen molar-refractivity contribution in [3.63, 3.8) is 0 Å². The standard InChI is InChI=1S/2C9H16NO2.2C8H14NO2.4Y/c2*1-7(2)9(11)12-6-8-4-3-5-10-8;2*1-6(2)11-8(10)7-4-3-5-9-7;;;;/h2*7-8H,3-6H2,1-2H3;2*6-7H,3-5H2,1-2H3;;;;/q4*-1;;;;/t2*8-;2*7-;;;;/m1010..../s1. The molecule has 4 radical (unpaired) electrons. The second-order valence-corrected chi connectivity index (χ2v) is 13.1. The maximum absolute atomic E-state index is 11.1. The number of esters is 4. The van der Waals surface area contributed by atoms with E-state index in [0.717, 1.165) is 77.5 Å². The first-order valence-electron chi connectivity index (χ1n) is 17.2. The average molecular weight is 1010 g/mol. The van der Waals surface area contributed by atoms with Gasteiger partial charge in [0.2, 0.25) is 0 Å². The maximum atomic E-state index is 11.1. The third kappa shape index (κ3) is 29.4. The van der Waals surface area contributed by atoms with E-state index < -0.39 is 0 Å². The smallest absolute Gasteiger partial charge is 0.308 e. The number of nitrogens with zero attached hydrogens (tertiary/aromatic N) is 4. The normalized spacial score (nSPS) is 21.7. The van der Waals surface area contributed by atoms with Gasteiger partial charge in [-0.1, -0.05) is 79.1 Å². The molecule has 0 aromatic rings. The Hall–Kier alpha value is 2.14. The SMILES string of the molecule is CC(C)C(=O)OC[C@@H]1CCC[N-]1.CC(C)C(=O)OC[C@H]1CCC[N-]1.CC(C)OC(=O)[C@@H]1CCC[N-]1.CC(C)OC(=O)[C@H]1CCC[N-]1.[Y].[Y].[Y].[Y]. The van der Waals surface area contributed by atoms with Crippen LogP contribution in [0.1, 0.15) is 107 Å². The van der Waals surface area contributed by atoms with E-state index in [2.05, 4.69) is 21.3 Å². The molecule has 0 unspecified atom stereocenters. The van der Waals surface area contributed by atoms with Gasteiger partial charge in [-0.25, -0.2) is 0 Å². The van der Waals surface area contributed by atoms with Crippen molar-refractivity contribution in [3.8, 4) is 0 Å². The van der Waals surface area contributed by atoms with Crippen molar-refractivity contribution in [1.29, 1.82) is 0 Å². The predicted octanol–water partition coefficient (Wildman–Crippen LogP) is 6.38. The van der Waals surface area contributed by atoms with Gasteiger partial charge in [-0.15, -0.1) is 38.3 Å². The number of carbonyl (C=O) groups excluding carboxylic acids is 4. The maximum Gasteiger partial charge on any atom is 0.308 e. The summed E-state index contributed by atoms with van der Waals surface area (Å²) in [5, 5.41) is 16.8.